The van der Waals surface area contributed by atoms with Gasteiger partial charge in [0.2, 0.25) is 0 Å². The number of hydrogen-bond acceptors (Lipinski definition) is 2. The Bertz CT molecular complexity index is 161. The largest absolute Gasteiger partial charge is 0.410 e. The predicted molar refractivity (Wildman–Crippen MR) is 30.8 cm³/mol. The Morgan fingerprint density at radius 2 is 2.50 bits per heavy atom. The Kier molecular flexibility index (Phi) is 1.53. The highest BCUT2D eigenvalue weighted by Gasteiger charge is 1.97. The van der Waals surface area contributed by atoms with Crippen LogP contribution in [-0.4, -0.2) is 10.9 Å². The molecule has 0 saturated heterocycles. The van der Waals surface area contributed by atoms with Crippen molar-refractivity contribution in [3.8, 4) is 11.8 Å². The first kappa shape index (κ1) is 5.17. The molecular weight excluding hydrogens is 102 g/mol. The fraction of sp³-hybridized carbons (Fsp3) is 0.500. The zero-order valence-electron chi connectivity index (χ0n) is 4.52. The van der Waals surface area contributed by atoms with E-state index in [1.165, 1.54) is 0 Å². The second-order valence-electron chi connectivity index (χ2n) is 1.70. The zero-order chi connectivity index (χ0) is 5.82. The molecule has 0 aromatic carbocycles. The maximum Gasteiger partial charge on any atom is 0.129 e. The summed E-state index contributed by atoms with van der Waals surface area (Å²) in [5.74, 6) is 5.56. The second-order valence-corrected chi connectivity index (χ2v) is 1.70. The molecule has 0 heterocycles. The Morgan fingerprint density at radius 3 is 2.88 bits per heavy atom. The topological polar surface area (TPSA) is 32.6 Å². The number of hydrogen-bond donors (Lipinski definition) is 1. The molecule has 1 rings (SSSR count). The molecule has 0 bridgehead atoms. The van der Waals surface area contributed by atoms with Crippen LogP contribution in [0.1, 0.15) is 19.3 Å². The van der Waals surface area contributed by atoms with Crippen LogP contribution < -0.4 is 0 Å². The summed E-state index contributed by atoms with van der Waals surface area (Å²) in [5.41, 5.74) is 0.622. The number of nitrogens with zero attached hydrogens (tertiary/aromatic N) is 1. The summed E-state index contributed by atoms with van der Waals surface area (Å²) in [7, 11) is 0. The van der Waals surface area contributed by atoms with Gasteiger partial charge in [-0.05, 0) is 12.3 Å². The van der Waals surface area contributed by atoms with Gasteiger partial charge in [-0.25, -0.2) is 0 Å². The fourth-order valence-electron chi connectivity index (χ4n) is 0.646. The SMILES string of the molecule is O/N=C1/C#CCCC1. The van der Waals surface area contributed by atoms with E-state index in [-0.39, 0.29) is 0 Å². The Balaban J connectivity index is 2.65. The summed E-state index contributed by atoms with van der Waals surface area (Å²) in [6, 6.07) is 0. The summed E-state index contributed by atoms with van der Waals surface area (Å²) < 4.78 is 0. The predicted octanol–water partition coefficient (Wildman–Crippen LogP) is 1.00. The average molecular weight is 109 g/mol. The summed E-state index contributed by atoms with van der Waals surface area (Å²) in [4.78, 5) is 0. The molecule has 1 aliphatic carbocycles. The normalized spacial score (nSPS) is 22.2. The maximum atomic E-state index is 8.18. The van der Waals surface area contributed by atoms with Crippen LogP contribution in [-0.2, 0) is 0 Å². The van der Waals surface area contributed by atoms with E-state index < -0.39 is 0 Å². The molecule has 0 atom stereocenters. The third-order valence-electron chi connectivity index (χ3n) is 1.07. The van der Waals surface area contributed by atoms with E-state index in [2.05, 4.69) is 17.0 Å². The average Bonchev–Trinajstić information content (AvgIpc) is 1.90. The first-order valence-electron chi connectivity index (χ1n) is 2.63. The Hall–Kier alpha value is -0.970. The van der Waals surface area contributed by atoms with Crippen LogP contribution in [0.5, 0.6) is 0 Å². The van der Waals surface area contributed by atoms with Gasteiger partial charge in [-0.1, -0.05) is 11.1 Å². The molecule has 0 unspecified atom stereocenters. The van der Waals surface area contributed by atoms with Crippen molar-refractivity contribution >= 4 is 5.71 Å². The Labute approximate surface area is 48.2 Å². The van der Waals surface area contributed by atoms with Gasteiger partial charge in [0.05, 0.1) is 0 Å². The van der Waals surface area contributed by atoms with Crippen molar-refractivity contribution in [3.63, 3.8) is 0 Å². The summed E-state index contributed by atoms with van der Waals surface area (Å²) in [6.45, 7) is 0. The number of oxime groups is 1. The lowest BCUT2D eigenvalue weighted by Crippen LogP contribution is -1.97. The summed E-state index contributed by atoms with van der Waals surface area (Å²) in [5, 5.41) is 11.2. The molecule has 0 saturated carbocycles. The lowest BCUT2D eigenvalue weighted by atomic mass is 10.1. The van der Waals surface area contributed by atoms with Gasteiger partial charge in [0.1, 0.15) is 5.71 Å². The fourth-order valence-corrected chi connectivity index (χ4v) is 0.646. The van der Waals surface area contributed by atoms with Crippen LogP contribution in [0.4, 0.5) is 0 Å². The zero-order valence-corrected chi connectivity index (χ0v) is 4.52. The smallest absolute Gasteiger partial charge is 0.129 e. The molecule has 0 radical (unpaired) electrons. The number of rotatable bonds is 0. The van der Waals surface area contributed by atoms with Gasteiger partial charge in [0, 0.05) is 12.8 Å². The standard InChI is InChI=1S/C6H7NO/c8-7-6-4-2-1-3-5-6/h8H,1-2,4H2/b7-6+. The monoisotopic (exact) mass is 109 g/mol. The van der Waals surface area contributed by atoms with Gasteiger partial charge in [-0.15, -0.1) is 0 Å². The second kappa shape index (κ2) is 2.37. The lowest BCUT2D eigenvalue weighted by Gasteiger charge is -1.96. The minimum Gasteiger partial charge on any atom is -0.410 e. The van der Waals surface area contributed by atoms with Gasteiger partial charge < -0.3 is 5.21 Å². The highest BCUT2D eigenvalue weighted by molar-refractivity contribution is 6.00. The van der Waals surface area contributed by atoms with Gasteiger partial charge in [0.15, 0.2) is 0 Å². The van der Waals surface area contributed by atoms with Crippen LogP contribution >= 0.6 is 0 Å². The van der Waals surface area contributed by atoms with Crippen LogP contribution in [0.25, 0.3) is 0 Å². The summed E-state index contributed by atoms with van der Waals surface area (Å²) in [6.07, 6.45) is 2.81. The van der Waals surface area contributed by atoms with Crippen molar-refractivity contribution in [2.45, 2.75) is 19.3 Å². The summed E-state index contributed by atoms with van der Waals surface area (Å²) >= 11 is 0. The quantitative estimate of drug-likeness (QED) is 0.281. The third-order valence-corrected chi connectivity index (χ3v) is 1.07. The molecule has 0 aromatic rings. The van der Waals surface area contributed by atoms with Gasteiger partial charge in [-0.3, -0.25) is 0 Å². The molecule has 1 N–H and O–H groups in total. The third kappa shape index (κ3) is 1.00. The molecule has 0 amide bonds. The van der Waals surface area contributed by atoms with Gasteiger partial charge in [-0.2, -0.15) is 0 Å². The molecular formula is C6H7NO. The Morgan fingerprint density at radius 1 is 1.62 bits per heavy atom. The molecule has 0 aliphatic heterocycles. The van der Waals surface area contributed by atoms with E-state index in [0.29, 0.717) is 5.71 Å². The molecule has 0 spiro atoms. The van der Waals surface area contributed by atoms with Crippen LogP contribution in [0.15, 0.2) is 5.16 Å². The lowest BCUT2D eigenvalue weighted by molar-refractivity contribution is 0.318. The van der Waals surface area contributed by atoms with E-state index in [1.807, 2.05) is 0 Å². The molecule has 8 heavy (non-hydrogen) atoms. The van der Waals surface area contributed by atoms with E-state index in [0.717, 1.165) is 19.3 Å². The minimum absolute atomic E-state index is 0.622. The maximum absolute atomic E-state index is 8.18. The van der Waals surface area contributed by atoms with Crippen molar-refractivity contribution in [3.05, 3.63) is 0 Å². The molecule has 2 nitrogen and oxygen atoms in total. The van der Waals surface area contributed by atoms with Crippen LogP contribution in [0.2, 0.25) is 0 Å². The van der Waals surface area contributed by atoms with Crippen molar-refractivity contribution in [2.75, 3.05) is 0 Å². The first-order chi connectivity index (χ1) is 3.93. The highest BCUT2D eigenvalue weighted by atomic mass is 16.4. The molecule has 2 heteroatoms. The van der Waals surface area contributed by atoms with E-state index in [1.54, 1.807) is 0 Å². The van der Waals surface area contributed by atoms with Crippen molar-refractivity contribution in [1.82, 2.24) is 0 Å². The molecule has 42 valence electrons. The van der Waals surface area contributed by atoms with Crippen LogP contribution in [0, 0.1) is 11.8 Å². The van der Waals surface area contributed by atoms with Gasteiger partial charge in [0.25, 0.3) is 0 Å². The van der Waals surface area contributed by atoms with E-state index in [9.17, 15) is 0 Å². The highest BCUT2D eigenvalue weighted by Crippen LogP contribution is 2.00. The first-order valence-corrected chi connectivity index (χ1v) is 2.63. The van der Waals surface area contributed by atoms with Crippen LogP contribution in [0.3, 0.4) is 0 Å². The molecule has 0 aromatic heterocycles. The van der Waals surface area contributed by atoms with Crippen molar-refractivity contribution < 1.29 is 5.21 Å². The van der Waals surface area contributed by atoms with Crippen molar-refractivity contribution in [2.24, 2.45) is 5.16 Å². The minimum atomic E-state index is 0.622. The molecule has 0 fully saturated rings. The molecule has 1 aliphatic rings. The van der Waals surface area contributed by atoms with Crippen molar-refractivity contribution in [1.29, 1.82) is 0 Å². The van der Waals surface area contributed by atoms with E-state index >= 15 is 0 Å². The van der Waals surface area contributed by atoms with Gasteiger partial charge >= 0.3 is 0 Å². The van der Waals surface area contributed by atoms with E-state index in [4.69, 9.17) is 5.21 Å².